The first-order valence-electron chi connectivity index (χ1n) is 5.58. The highest BCUT2D eigenvalue weighted by molar-refractivity contribution is 7.13. The molecule has 4 nitrogen and oxygen atoms in total. The largest absolute Gasteiger partial charge is 0.481 e. The zero-order valence-electron chi connectivity index (χ0n) is 9.32. The number of carboxylic acid groups (broad SMARTS) is 1. The normalized spacial score (nSPS) is 17.8. The predicted octanol–water partition coefficient (Wildman–Crippen LogP) is 2.51. The van der Waals surface area contributed by atoms with E-state index in [1.807, 2.05) is 5.38 Å². The molecule has 1 aromatic heterocycles. The van der Waals surface area contributed by atoms with Gasteiger partial charge in [-0.3, -0.25) is 4.79 Å². The van der Waals surface area contributed by atoms with Crippen LogP contribution in [0.4, 0.5) is 5.13 Å². The van der Waals surface area contributed by atoms with E-state index in [1.165, 1.54) is 0 Å². The van der Waals surface area contributed by atoms with E-state index in [-0.39, 0.29) is 12.0 Å². The summed E-state index contributed by atoms with van der Waals surface area (Å²) in [6, 6.07) is 0. The summed E-state index contributed by atoms with van der Waals surface area (Å²) in [5.41, 5.74) is 0.826. The smallest absolute Gasteiger partial charge is 0.305 e. The Labute approximate surface area is 98.7 Å². The van der Waals surface area contributed by atoms with Crippen molar-refractivity contribution in [2.75, 3.05) is 5.32 Å². The fraction of sp³-hybridized carbons (Fsp3) is 0.636. The van der Waals surface area contributed by atoms with E-state index >= 15 is 0 Å². The number of aliphatic carboxylic acids is 1. The molecule has 1 heterocycles. The molecule has 16 heavy (non-hydrogen) atoms. The topological polar surface area (TPSA) is 62.2 Å². The number of rotatable bonds is 5. The van der Waals surface area contributed by atoms with Crippen LogP contribution in [0.15, 0.2) is 5.38 Å². The molecule has 0 aromatic carbocycles. The summed E-state index contributed by atoms with van der Waals surface area (Å²) in [6.07, 6.45) is 4.07. The van der Waals surface area contributed by atoms with E-state index in [0.717, 1.165) is 36.5 Å². The van der Waals surface area contributed by atoms with Gasteiger partial charge in [0.1, 0.15) is 0 Å². The summed E-state index contributed by atoms with van der Waals surface area (Å²) >= 11 is 1.56. The van der Waals surface area contributed by atoms with Crippen LogP contribution in [-0.4, -0.2) is 21.6 Å². The molecular formula is C11H16N2O2S. The second-order valence-electron chi connectivity index (χ2n) is 4.33. The van der Waals surface area contributed by atoms with Crippen LogP contribution in [-0.2, 0) is 11.2 Å². The highest BCUT2D eigenvalue weighted by Crippen LogP contribution is 2.38. The van der Waals surface area contributed by atoms with Crippen LogP contribution < -0.4 is 5.32 Å². The number of aryl methyl sites for hydroxylation is 1. The van der Waals surface area contributed by atoms with Crippen molar-refractivity contribution in [1.82, 2.24) is 4.98 Å². The van der Waals surface area contributed by atoms with E-state index in [0.29, 0.717) is 0 Å². The lowest BCUT2D eigenvalue weighted by Crippen LogP contribution is -2.46. The second-order valence-corrected chi connectivity index (χ2v) is 5.19. The maximum Gasteiger partial charge on any atom is 0.305 e. The molecule has 0 spiro atoms. The molecule has 2 rings (SSSR count). The molecule has 88 valence electrons. The van der Waals surface area contributed by atoms with Gasteiger partial charge in [0.15, 0.2) is 5.13 Å². The minimum absolute atomic E-state index is 0.189. The van der Waals surface area contributed by atoms with Gasteiger partial charge < -0.3 is 10.4 Å². The standard InChI is InChI=1S/C11H16N2O2S/c1-2-8-7-16-10(12-8)13-11(4-3-5-11)6-9(14)15/h7H,2-6H2,1H3,(H,12,13)(H,14,15). The lowest BCUT2D eigenvalue weighted by atomic mass is 9.74. The number of nitrogens with one attached hydrogen (secondary N) is 1. The molecule has 0 aliphatic heterocycles. The molecule has 0 atom stereocenters. The summed E-state index contributed by atoms with van der Waals surface area (Å²) < 4.78 is 0. The van der Waals surface area contributed by atoms with Crippen molar-refractivity contribution < 1.29 is 9.90 Å². The van der Waals surface area contributed by atoms with E-state index in [2.05, 4.69) is 17.2 Å². The maximum absolute atomic E-state index is 10.8. The molecule has 0 bridgehead atoms. The van der Waals surface area contributed by atoms with Crippen molar-refractivity contribution in [2.45, 2.75) is 44.6 Å². The predicted molar refractivity (Wildman–Crippen MR) is 63.9 cm³/mol. The van der Waals surface area contributed by atoms with Gasteiger partial charge in [0.05, 0.1) is 12.1 Å². The van der Waals surface area contributed by atoms with Gasteiger partial charge in [-0.05, 0) is 25.7 Å². The molecule has 0 unspecified atom stereocenters. The fourth-order valence-corrected chi connectivity index (χ4v) is 2.91. The van der Waals surface area contributed by atoms with E-state index < -0.39 is 5.97 Å². The van der Waals surface area contributed by atoms with Crippen molar-refractivity contribution in [1.29, 1.82) is 0 Å². The number of hydrogen-bond donors (Lipinski definition) is 2. The molecule has 5 heteroatoms. The number of thiazole rings is 1. The van der Waals surface area contributed by atoms with E-state index in [4.69, 9.17) is 5.11 Å². The number of carboxylic acids is 1. The molecule has 0 radical (unpaired) electrons. The number of carbonyl (C=O) groups is 1. The number of anilines is 1. The van der Waals surface area contributed by atoms with Crippen molar-refractivity contribution in [3.63, 3.8) is 0 Å². The van der Waals surface area contributed by atoms with Gasteiger partial charge in [0.2, 0.25) is 0 Å². The lowest BCUT2D eigenvalue weighted by molar-refractivity contribution is -0.138. The minimum atomic E-state index is -0.737. The van der Waals surface area contributed by atoms with Crippen LogP contribution in [0, 0.1) is 0 Å². The molecule has 0 saturated heterocycles. The quantitative estimate of drug-likeness (QED) is 0.830. The summed E-state index contributed by atoms with van der Waals surface area (Å²) in [7, 11) is 0. The Hall–Kier alpha value is -1.10. The van der Waals surface area contributed by atoms with E-state index in [1.54, 1.807) is 11.3 Å². The van der Waals surface area contributed by atoms with Crippen LogP contribution in [0.25, 0.3) is 0 Å². The average molecular weight is 240 g/mol. The van der Waals surface area contributed by atoms with Gasteiger partial charge in [-0.25, -0.2) is 4.98 Å². The van der Waals surface area contributed by atoms with Crippen LogP contribution in [0.1, 0.15) is 38.3 Å². The summed E-state index contributed by atoms with van der Waals surface area (Å²) in [5.74, 6) is -0.737. The first-order valence-corrected chi connectivity index (χ1v) is 6.46. The van der Waals surface area contributed by atoms with E-state index in [9.17, 15) is 4.79 Å². The van der Waals surface area contributed by atoms with Crippen LogP contribution in [0.3, 0.4) is 0 Å². The van der Waals surface area contributed by atoms with Crippen molar-refractivity contribution in [3.05, 3.63) is 11.1 Å². The van der Waals surface area contributed by atoms with Crippen molar-refractivity contribution >= 4 is 22.4 Å². The monoisotopic (exact) mass is 240 g/mol. The molecule has 1 aliphatic rings. The first-order chi connectivity index (χ1) is 7.63. The third kappa shape index (κ3) is 2.35. The van der Waals surface area contributed by atoms with Crippen LogP contribution in [0.2, 0.25) is 0 Å². The first kappa shape index (κ1) is 11.4. The molecule has 1 saturated carbocycles. The average Bonchev–Trinajstić information content (AvgIpc) is 2.61. The Morgan fingerprint density at radius 1 is 1.69 bits per heavy atom. The summed E-state index contributed by atoms with van der Waals surface area (Å²) in [5, 5.41) is 15.1. The highest BCUT2D eigenvalue weighted by Gasteiger charge is 2.39. The molecule has 1 fully saturated rings. The number of aromatic nitrogens is 1. The second kappa shape index (κ2) is 4.41. The van der Waals surface area contributed by atoms with Crippen LogP contribution in [0.5, 0.6) is 0 Å². The van der Waals surface area contributed by atoms with Gasteiger partial charge >= 0.3 is 5.97 Å². The van der Waals surface area contributed by atoms with Gasteiger partial charge in [-0.2, -0.15) is 0 Å². The van der Waals surface area contributed by atoms with Gasteiger partial charge in [0.25, 0.3) is 0 Å². The molecule has 1 aromatic rings. The van der Waals surface area contributed by atoms with Crippen molar-refractivity contribution in [2.24, 2.45) is 0 Å². The third-order valence-corrected chi connectivity index (χ3v) is 3.89. The number of nitrogens with zero attached hydrogens (tertiary/aromatic N) is 1. The zero-order valence-corrected chi connectivity index (χ0v) is 10.1. The Morgan fingerprint density at radius 3 is 2.88 bits per heavy atom. The lowest BCUT2D eigenvalue weighted by Gasteiger charge is -2.41. The Bertz CT molecular complexity index is 385. The van der Waals surface area contributed by atoms with Gasteiger partial charge in [0, 0.05) is 10.9 Å². The third-order valence-electron chi connectivity index (χ3n) is 3.09. The number of hydrogen-bond acceptors (Lipinski definition) is 4. The fourth-order valence-electron chi connectivity index (χ4n) is 1.99. The zero-order chi connectivity index (χ0) is 11.6. The highest BCUT2D eigenvalue weighted by atomic mass is 32.1. The molecule has 1 aliphatic carbocycles. The minimum Gasteiger partial charge on any atom is -0.481 e. The summed E-state index contributed by atoms with van der Waals surface area (Å²) in [6.45, 7) is 2.06. The van der Waals surface area contributed by atoms with Crippen molar-refractivity contribution in [3.8, 4) is 0 Å². The molecular weight excluding hydrogens is 224 g/mol. The van der Waals surface area contributed by atoms with Gasteiger partial charge in [-0.15, -0.1) is 11.3 Å². The Kier molecular flexibility index (Phi) is 3.14. The summed E-state index contributed by atoms with van der Waals surface area (Å²) in [4.78, 5) is 15.2. The molecule has 2 N–H and O–H groups in total. The SMILES string of the molecule is CCc1csc(NC2(CC(=O)O)CCC2)n1. The molecule has 0 amide bonds. The van der Waals surface area contributed by atoms with Crippen LogP contribution >= 0.6 is 11.3 Å². The Morgan fingerprint density at radius 2 is 2.44 bits per heavy atom. The van der Waals surface area contributed by atoms with Gasteiger partial charge in [-0.1, -0.05) is 6.92 Å². The maximum atomic E-state index is 10.8. The Balaban J connectivity index is 2.03.